The predicted molar refractivity (Wildman–Crippen MR) is 97.9 cm³/mol. The van der Waals surface area contributed by atoms with E-state index in [1.165, 1.54) is 16.7 Å². The average Bonchev–Trinajstić information content (AvgIpc) is 2.57. The first-order valence-corrected chi connectivity index (χ1v) is 8.71. The molecule has 0 radical (unpaired) electrons. The van der Waals surface area contributed by atoms with Crippen LogP contribution in [0.5, 0.6) is 0 Å². The minimum atomic E-state index is 0.244. The number of rotatable bonds is 4. The van der Waals surface area contributed by atoms with Gasteiger partial charge in [0, 0.05) is 32.7 Å². The van der Waals surface area contributed by atoms with Crippen molar-refractivity contribution in [3.05, 3.63) is 70.8 Å². The molecule has 1 amide bonds. The maximum atomic E-state index is 12.5. The summed E-state index contributed by atoms with van der Waals surface area (Å²) < 4.78 is 0. The first-order valence-electron chi connectivity index (χ1n) is 8.71. The summed E-state index contributed by atoms with van der Waals surface area (Å²) in [5.74, 6) is 0.244. The summed E-state index contributed by atoms with van der Waals surface area (Å²) in [5, 5.41) is 0. The van der Waals surface area contributed by atoms with E-state index >= 15 is 0 Å². The fraction of sp³-hybridized carbons (Fsp3) is 0.381. The molecule has 0 aliphatic carbocycles. The molecule has 1 fully saturated rings. The lowest BCUT2D eigenvalue weighted by atomic mass is 10.1. The van der Waals surface area contributed by atoms with Gasteiger partial charge < -0.3 is 4.90 Å². The minimum absolute atomic E-state index is 0.244. The Labute approximate surface area is 144 Å². The summed E-state index contributed by atoms with van der Waals surface area (Å²) in [6, 6.07) is 16.9. The van der Waals surface area contributed by atoms with Gasteiger partial charge in [-0.2, -0.15) is 0 Å². The van der Waals surface area contributed by atoms with Gasteiger partial charge in [0.25, 0.3) is 0 Å². The van der Waals surface area contributed by atoms with Crippen LogP contribution in [0, 0.1) is 13.8 Å². The summed E-state index contributed by atoms with van der Waals surface area (Å²) in [5.41, 5.74) is 5.00. The molecule has 0 N–H and O–H groups in total. The van der Waals surface area contributed by atoms with Crippen LogP contribution < -0.4 is 0 Å². The normalized spacial score (nSPS) is 15.5. The second-order valence-electron chi connectivity index (χ2n) is 6.81. The molecular formula is C21H26N2O. The standard InChI is InChI=1S/C21H26N2O/c1-17-6-8-19(9-7-17)15-21(24)23-12-10-22(11-13-23)16-20-5-3-4-18(2)14-20/h3-9,14H,10-13,15-16H2,1-2H3. The van der Waals surface area contributed by atoms with Crippen molar-refractivity contribution >= 4 is 5.91 Å². The molecule has 2 aromatic rings. The molecule has 3 heteroatoms. The first kappa shape index (κ1) is 16.7. The molecule has 0 aromatic heterocycles. The van der Waals surface area contributed by atoms with E-state index in [4.69, 9.17) is 0 Å². The lowest BCUT2D eigenvalue weighted by Crippen LogP contribution is -2.48. The molecule has 24 heavy (non-hydrogen) atoms. The molecule has 0 unspecified atom stereocenters. The number of piperazine rings is 1. The van der Waals surface area contributed by atoms with Crippen LogP contribution >= 0.6 is 0 Å². The Balaban J connectivity index is 1.49. The number of carbonyl (C=O) groups is 1. The number of hydrogen-bond acceptors (Lipinski definition) is 2. The maximum Gasteiger partial charge on any atom is 0.227 e. The van der Waals surface area contributed by atoms with Crippen molar-refractivity contribution in [1.82, 2.24) is 9.80 Å². The van der Waals surface area contributed by atoms with Gasteiger partial charge in [-0.3, -0.25) is 9.69 Å². The Morgan fingerprint density at radius 2 is 1.58 bits per heavy atom. The molecule has 0 saturated carbocycles. The lowest BCUT2D eigenvalue weighted by molar-refractivity contribution is -0.132. The summed E-state index contributed by atoms with van der Waals surface area (Å²) in [6.07, 6.45) is 0.512. The van der Waals surface area contributed by atoms with Crippen LogP contribution in [0.4, 0.5) is 0 Å². The highest BCUT2D eigenvalue weighted by Crippen LogP contribution is 2.12. The number of benzene rings is 2. The van der Waals surface area contributed by atoms with Gasteiger partial charge in [-0.05, 0) is 25.0 Å². The second kappa shape index (κ2) is 7.63. The van der Waals surface area contributed by atoms with Crippen molar-refractivity contribution in [2.45, 2.75) is 26.8 Å². The Morgan fingerprint density at radius 1 is 0.875 bits per heavy atom. The van der Waals surface area contributed by atoms with Crippen molar-refractivity contribution in [2.75, 3.05) is 26.2 Å². The summed E-state index contributed by atoms with van der Waals surface area (Å²) in [7, 11) is 0. The third kappa shape index (κ3) is 4.45. The highest BCUT2D eigenvalue weighted by Gasteiger charge is 2.21. The average molecular weight is 322 g/mol. The SMILES string of the molecule is Cc1ccc(CC(=O)N2CCN(Cc3cccc(C)c3)CC2)cc1. The fourth-order valence-corrected chi connectivity index (χ4v) is 3.22. The lowest BCUT2D eigenvalue weighted by Gasteiger charge is -2.35. The zero-order valence-corrected chi connectivity index (χ0v) is 14.7. The molecule has 1 aliphatic rings. The quantitative estimate of drug-likeness (QED) is 0.863. The van der Waals surface area contributed by atoms with E-state index in [0.717, 1.165) is 38.3 Å². The monoisotopic (exact) mass is 322 g/mol. The molecule has 1 aliphatic heterocycles. The predicted octanol–water partition coefficient (Wildman–Crippen LogP) is 3.19. The van der Waals surface area contributed by atoms with E-state index in [1.54, 1.807) is 0 Å². The van der Waals surface area contributed by atoms with E-state index in [1.807, 2.05) is 4.90 Å². The zero-order chi connectivity index (χ0) is 16.9. The minimum Gasteiger partial charge on any atom is -0.340 e. The van der Waals surface area contributed by atoms with Crippen LogP contribution in [0.1, 0.15) is 22.3 Å². The van der Waals surface area contributed by atoms with Crippen molar-refractivity contribution < 1.29 is 4.79 Å². The molecule has 0 bridgehead atoms. The maximum absolute atomic E-state index is 12.5. The van der Waals surface area contributed by atoms with E-state index in [-0.39, 0.29) is 5.91 Å². The Hall–Kier alpha value is -2.13. The van der Waals surface area contributed by atoms with Crippen molar-refractivity contribution in [1.29, 1.82) is 0 Å². The van der Waals surface area contributed by atoms with Crippen LogP contribution in [-0.4, -0.2) is 41.9 Å². The van der Waals surface area contributed by atoms with Crippen LogP contribution in [-0.2, 0) is 17.8 Å². The largest absolute Gasteiger partial charge is 0.340 e. The summed E-state index contributed by atoms with van der Waals surface area (Å²) in [4.78, 5) is 16.9. The molecular weight excluding hydrogens is 296 g/mol. The molecule has 1 heterocycles. The Kier molecular flexibility index (Phi) is 5.31. The summed E-state index contributed by atoms with van der Waals surface area (Å²) in [6.45, 7) is 8.74. The molecule has 126 valence electrons. The molecule has 0 atom stereocenters. The highest BCUT2D eigenvalue weighted by atomic mass is 16.2. The highest BCUT2D eigenvalue weighted by molar-refractivity contribution is 5.78. The zero-order valence-electron chi connectivity index (χ0n) is 14.7. The van der Waals surface area contributed by atoms with Crippen LogP contribution in [0.2, 0.25) is 0 Å². The van der Waals surface area contributed by atoms with Gasteiger partial charge in [-0.1, -0.05) is 59.7 Å². The van der Waals surface area contributed by atoms with E-state index in [9.17, 15) is 4.79 Å². The van der Waals surface area contributed by atoms with Gasteiger partial charge >= 0.3 is 0 Å². The third-order valence-corrected chi connectivity index (χ3v) is 4.69. The molecule has 3 rings (SSSR count). The second-order valence-corrected chi connectivity index (χ2v) is 6.81. The number of amides is 1. The smallest absolute Gasteiger partial charge is 0.227 e. The number of aryl methyl sites for hydroxylation is 2. The molecule has 0 spiro atoms. The molecule has 1 saturated heterocycles. The van der Waals surface area contributed by atoms with Gasteiger partial charge in [0.15, 0.2) is 0 Å². The topological polar surface area (TPSA) is 23.6 Å². The van der Waals surface area contributed by atoms with Gasteiger partial charge in [-0.25, -0.2) is 0 Å². The molecule has 3 nitrogen and oxygen atoms in total. The van der Waals surface area contributed by atoms with Crippen molar-refractivity contribution in [3.8, 4) is 0 Å². The van der Waals surface area contributed by atoms with Crippen molar-refractivity contribution in [3.63, 3.8) is 0 Å². The fourth-order valence-electron chi connectivity index (χ4n) is 3.22. The Morgan fingerprint density at radius 3 is 2.25 bits per heavy atom. The first-order chi connectivity index (χ1) is 11.6. The van der Waals surface area contributed by atoms with Gasteiger partial charge in [0.2, 0.25) is 5.91 Å². The Bertz CT molecular complexity index is 685. The van der Waals surface area contributed by atoms with E-state index in [2.05, 4.69) is 67.3 Å². The van der Waals surface area contributed by atoms with Crippen LogP contribution in [0.25, 0.3) is 0 Å². The van der Waals surface area contributed by atoms with Gasteiger partial charge in [0.05, 0.1) is 6.42 Å². The van der Waals surface area contributed by atoms with E-state index < -0.39 is 0 Å². The van der Waals surface area contributed by atoms with Crippen molar-refractivity contribution in [2.24, 2.45) is 0 Å². The van der Waals surface area contributed by atoms with Gasteiger partial charge in [-0.15, -0.1) is 0 Å². The third-order valence-electron chi connectivity index (χ3n) is 4.69. The number of nitrogens with zero attached hydrogens (tertiary/aromatic N) is 2. The van der Waals surface area contributed by atoms with Gasteiger partial charge in [0.1, 0.15) is 0 Å². The van der Waals surface area contributed by atoms with E-state index in [0.29, 0.717) is 6.42 Å². The number of carbonyl (C=O) groups excluding carboxylic acids is 1. The molecule has 2 aromatic carbocycles. The number of hydrogen-bond donors (Lipinski definition) is 0. The van der Waals surface area contributed by atoms with Crippen LogP contribution in [0.3, 0.4) is 0 Å². The van der Waals surface area contributed by atoms with Crippen LogP contribution in [0.15, 0.2) is 48.5 Å². The summed E-state index contributed by atoms with van der Waals surface area (Å²) >= 11 is 0.